The average Bonchev–Trinajstić information content (AvgIpc) is 3.41. The molecule has 32 heavy (non-hydrogen) atoms. The van der Waals surface area contributed by atoms with Gasteiger partial charge in [-0.2, -0.15) is 5.10 Å². The molecule has 5 rings (SSSR count). The van der Waals surface area contributed by atoms with Crippen LogP contribution in [0, 0.1) is 5.92 Å². The highest BCUT2D eigenvalue weighted by molar-refractivity contribution is 6.33. The number of aromatic nitrogens is 6. The SMILES string of the molecule is CC[C@@H](n1cnnc1)C12CC(C)CC(C1)N2C(=O)Nc1ccc(Cl)c(-c2ncn(C)n2)c1. The number of fused-ring (bicyclic) bond motifs is 2. The Balaban J connectivity index is 1.43. The number of likely N-dealkylation sites (tertiary alicyclic amines) is 1. The molecule has 4 atom stereocenters. The molecule has 0 spiro atoms. The number of carbonyl (C=O) groups excluding carboxylic acids is 1. The predicted octanol–water partition coefficient (Wildman–Crippen LogP) is 4.15. The first-order valence-electron chi connectivity index (χ1n) is 11.0. The first kappa shape index (κ1) is 20.9. The maximum atomic E-state index is 13.6. The van der Waals surface area contributed by atoms with Gasteiger partial charge in [0.25, 0.3) is 0 Å². The van der Waals surface area contributed by atoms with Crippen molar-refractivity contribution in [2.24, 2.45) is 13.0 Å². The maximum absolute atomic E-state index is 13.6. The fourth-order valence-electron chi connectivity index (χ4n) is 5.83. The highest BCUT2D eigenvalue weighted by atomic mass is 35.5. The van der Waals surface area contributed by atoms with Gasteiger partial charge < -0.3 is 14.8 Å². The van der Waals surface area contributed by atoms with Crippen LogP contribution in [0.15, 0.2) is 37.2 Å². The largest absolute Gasteiger partial charge is 0.322 e. The zero-order chi connectivity index (χ0) is 22.5. The summed E-state index contributed by atoms with van der Waals surface area (Å²) in [6.45, 7) is 4.44. The number of aryl methyl sites for hydroxylation is 1. The molecular weight excluding hydrogens is 428 g/mol. The van der Waals surface area contributed by atoms with E-state index in [-0.39, 0.29) is 23.7 Å². The summed E-state index contributed by atoms with van der Waals surface area (Å²) in [6, 6.07) is 5.71. The van der Waals surface area contributed by atoms with Crippen molar-refractivity contribution in [1.29, 1.82) is 0 Å². The van der Waals surface area contributed by atoms with Crippen LogP contribution in [-0.2, 0) is 7.05 Å². The minimum atomic E-state index is -0.235. The highest BCUT2D eigenvalue weighted by Crippen LogP contribution is 2.56. The molecule has 2 aromatic heterocycles. The van der Waals surface area contributed by atoms with Gasteiger partial charge in [-0.25, -0.2) is 9.78 Å². The van der Waals surface area contributed by atoms with Crippen molar-refractivity contribution in [3.63, 3.8) is 0 Å². The van der Waals surface area contributed by atoms with Crippen LogP contribution in [0.4, 0.5) is 10.5 Å². The van der Waals surface area contributed by atoms with E-state index in [0.29, 0.717) is 28.0 Å². The lowest BCUT2D eigenvalue weighted by atomic mass is 9.60. The van der Waals surface area contributed by atoms with E-state index >= 15 is 0 Å². The minimum absolute atomic E-state index is 0.0815. The number of benzene rings is 1. The van der Waals surface area contributed by atoms with Crippen molar-refractivity contribution in [3.05, 3.63) is 42.2 Å². The van der Waals surface area contributed by atoms with Crippen molar-refractivity contribution >= 4 is 23.3 Å². The third-order valence-corrected chi connectivity index (χ3v) is 7.22. The molecule has 1 aromatic carbocycles. The second kappa shape index (κ2) is 7.88. The van der Waals surface area contributed by atoms with Crippen molar-refractivity contribution < 1.29 is 4.79 Å². The number of nitrogens with zero attached hydrogens (tertiary/aromatic N) is 7. The van der Waals surface area contributed by atoms with Crippen LogP contribution in [0.1, 0.15) is 45.6 Å². The first-order valence-corrected chi connectivity index (χ1v) is 11.4. The van der Waals surface area contributed by atoms with E-state index in [1.807, 2.05) is 12.1 Å². The van der Waals surface area contributed by atoms with E-state index in [1.54, 1.807) is 36.8 Å². The van der Waals surface area contributed by atoms with E-state index in [9.17, 15) is 4.79 Å². The Bertz CT molecular complexity index is 1130. The number of anilines is 1. The lowest BCUT2D eigenvalue weighted by Gasteiger charge is -2.66. The molecule has 2 aliphatic rings. The third kappa shape index (κ3) is 3.35. The molecule has 2 bridgehead atoms. The predicted molar refractivity (Wildman–Crippen MR) is 121 cm³/mol. The Morgan fingerprint density at radius 1 is 1.28 bits per heavy atom. The van der Waals surface area contributed by atoms with Crippen LogP contribution in [0.2, 0.25) is 5.02 Å². The van der Waals surface area contributed by atoms with E-state index in [4.69, 9.17) is 11.6 Å². The third-order valence-electron chi connectivity index (χ3n) is 6.89. The monoisotopic (exact) mass is 454 g/mol. The summed E-state index contributed by atoms with van der Waals surface area (Å²) in [6.07, 6.45) is 9.05. The number of rotatable bonds is 5. The summed E-state index contributed by atoms with van der Waals surface area (Å²) >= 11 is 6.38. The molecule has 9 nitrogen and oxygen atoms in total. The molecule has 2 amide bonds. The molecule has 0 radical (unpaired) electrons. The van der Waals surface area contributed by atoms with Gasteiger partial charge in [-0.15, -0.1) is 10.2 Å². The number of amides is 2. The van der Waals surface area contributed by atoms with Crippen LogP contribution in [-0.4, -0.2) is 52.0 Å². The molecular formula is C22H27ClN8O. The Kier molecular flexibility index (Phi) is 5.16. The van der Waals surface area contributed by atoms with Crippen molar-refractivity contribution in [3.8, 4) is 11.4 Å². The molecule has 1 aliphatic carbocycles. The summed E-state index contributed by atoms with van der Waals surface area (Å²) in [5.74, 6) is 1.10. The Morgan fingerprint density at radius 2 is 2.06 bits per heavy atom. The van der Waals surface area contributed by atoms with Crippen LogP contribution in [0.3, 0.4) is 0 Å². The molecule has 3 unspecified atom stereocenters. The normalized spacial score (nSPS) is 25.3. The van der Waals surface area contributed by atoms with E-state index in [2.05, 4.69) is 48.9 Å². The summed E-state index contributed by atoms with van der Waals surface area (Å²) in [7, 11) is 1.80. The quantitative estimate of drug-likeness (QED) is 0.624. The molecule has 1 saturated carbocycles. The van der Waals surface area contributed by atoms with Crippen molar-refractivity contribution in [2.45, 2.75) is 57.2 Å². The first-order chi connectivity index (χ1) is 15.4. The highest BCUT2D eigenvalue weighted by Gasteiger charge is 2.61. The van der Waals surface area contributed by atoms with Crippen LogP contribution >= 0.6 is 11.6 Å². The molecule has 3 aromatic rings. The van der Waals surface area contributed by atoms with Crippen molar-refractivity contribution in [2.75, 3.05) is 5.32 Å². The molecule has 1 saturated heterocycles. The number of halogens is 1. The van der Waals surface area contributed by atoms with Gasteiger partial charge >= 0.3 is 6.03 Å². The van der Waals surface area contributed by atoms with Crippen molar-refractivity contribution in [1.82, 2.24) is 34.4 Å². The van der Waals surface area contributed by atoms with E-state index in [0.717, 1.165) is 25.7 Å². The summed E-state index contributed by atoms with van der Waals surface area (Å²) in [5, 5.41) is 16.0. The van der Waals surface area contributed by atoms with Gasteiger partial charge in [0.2, 0.25) is 0 Å². The minimum Gasteiger partial charge on any atom is -0.315 e. The second-order valence-electron chi connectivity index (χ2n) is 9.08. The van der Waals surface area contributed by atoms with Gasteiger partial charge in [-0.05, 0) is 49.8 Å². The number of nitrogens with one attached hydrogen (secondary N) is 1. The Hall–Kier alpha value is -2.94. The number of piperidine rings is 1. The summed E-state index contributed by atoms with van der Waals surface area (Å²) < 4.78 is 3.68. The van der Waals surface area contributed by atoms with Gasteiger partial charge in [-0.3, -0.25) is 4.68 Å². The number of carbonyl (C=O) groups is 1. The molecule has 10 heteroatoms. The maximum Gasteiger partial charge on any atom is 0.322 e. The van der Waals surface area contributed by atoms with E-state index in [1.165, 1.54) is 0 Å². The summed E-state index contributed by atoms with van der Waals surface area (Å²) in [4.78, 5) is 19.9. The van der Waals surface area contributed by atoms with Gasteiger partial charge in [0.15, 0.2) is 5.82 Å². The lowest BCUT2D eigenvalue weighted by Crippen LogP contribution is -2.74. The lowest BCUT2D eigenvalue weighted by molar-refractivity contribution is -0.120. The molecule has 1 aliphatic heterocycles. The smallest absolute Gasteiger partial charge is 0.315 e. The van der Waals surface area contributed by atoms with Gasteiger partial charge in [-0.1, -0.05) is 25.4 Å². The Morgan fingerprint density at radius 3 is 2.75 bits per heavy atom. The molecule has 3 heterocycles. The fourth-order valence-corrected chi connectivity index (χ4v) is 6.03. The Labute approximate surface area is 191 Å². The number of hydrogen-bond donors (Lipinski definition) is 1. The van der Waals surface area contributed by atoms with Crippen LogP contribution in [0.5, 0.6) is 0 Å². The number of hydrogen-bond acceptors (Lipinski definition) is 5. The fraction of sp³-hybridized carbons (Fsp3) is 0.500. The zero-order valence-corrected chi connectivity index (χ0v) is 19.2. The van der Waals surface area contributed by atoms with Gasteiger partial charge in [0.1, 0.15) is 19.0 Å². The summed E-state index contributed by atoms with van der Waals surface area (Å²) in [5.41, 5.74) is 1.13. The van der Waals surface area contributed by atoms with Gasteiger partial charge in [0.05, 0.1) is 16.6 Å². The molecule has 2 fully saturated rings. The topological polar surface area (TPSA) is 93.8 Å². The van der Waals surface area contributed by atoms with Crippen LogP contribution < -0.4 is 5.32 Å². The second-order valence-corrected chi connectivity index (χ2v) is 9.48. The van der Waals surface area contributed by atoms with E-state index < -0.39 is 0 Å². The van der Waals surface area contributed by atoms with Gasteiger partial charge in [0, 0.05) is 24.3 Å². The molecule has 1 N–H and O–H groups in total. The molecule has 168 valence electrons. The average molecular weight is 455 g/mol. The standard InChI is InChI=1S/C22H27ClN8O/c1-4-19(30-12-25-26-13-30)22-9-14(2)7-16(10-22)31(22)21(32)27-15-5-6-18(23)17(8-15)20-24-11-29(3)28-20/h5-6,8,11-14,16,19H,4,7,9-10H2,1-3H3,(H,27,32)/t14?,16?,19-,22?/m1/s1. The number of urea groups is 1. The van der Waals surface area contributed by atoms with Crippen LogP contribution in [0.25, 0.3) is 11.4 Å². The zero-order valence-electron chi connectivity index (χ0n) is 18.4.